The Morgan fingerprint density at radius 1 is 1.38 bits per heavy atom. The molecule has 1 aliphatic heterocycles. The van der Waals surface area contributed by atoms with Gasteiger partial charge in [0.05, 0.1) is 6.54 Å². The molecule has 1 aromatic heterocycles. The third-order valence-electron chi connectivity index (χ3n) is 3.66. The number of furan rings is 1. The number of hydrogen-bond donors (Lipinski definition) is 1. The topological polar surface area (TPSA) is 45.5 Å². The summed E-state index contributed by atoms with van der Waals surface area (Å²) in [6.07, 6.45) is 2.14. The second-order valence-electron chi connectivity index (χ2n) is 5.27. The predicted octanol–water partition coefficient (Wildman–Crippen LogP) is 3.67. The van der Waals surface area contributed by atoms with Crippen molar-refractivity contribution in [2.75, 3.05) is 18.9 Å². The Morgan fingerprint density at radius 3 is 3.00 bits per heavy atom. The highest BCUT2D eigenvalue weighted by Gasteiger charge is 2.16. The zero-order valence-corrected chi connectivity index (χ0v) is 13.4. The van der Waals surface area contributed by atoms with E-state index in [2.05, 4.69) is 21.2 Å². The first kappa shape index (κ1) is 14.2. The molecule has 1 aliphatic rings. The van der Waals surface area contributed by atoms with E-state index in [9.17, 15) is 4.79 Å². The minimum Gasteiger partial charge on any atom is -0.452 e. The van der Waals surface area contributed by atoms with E-state index in [1.165, 1.54) is 5.56 Å². The summed E-state index contributed by atoms with van der Waals surface area (Å²) in [4.78, 5) is 14.2. The molecule has 5 heteroatoms. The van der Waals surface area contributed by atoms with Crippen molar-refractivity contribution in [2.24, 2.45) is 0 Å². The molecule has 0 bridgehead atoms. The van der Waals surface area contributed by atoms with Crippen LogP contribution in [0.25, 0.3) is 0 Å². The molecule has 0 saturated carbocycles. The van der Waals surface area contributed by atoms with Crippen LogP contribution in [0.3, 0.4) is 0 Å². The number of carbonyl (C=O) groups is 1. The van der Waals surface area contributed by atoms with Gasteiger partial charge in [0, 0.05) is 24.8 Å². The van der Waals surface area contributed by atoms with Crippen molar-refractivity contribution in [3.05, 3.63) is 51.9 Å². The van der Waals surface area contributed by atoms with Crippen LogP contribution >= 0.6 is 15.9 Å². The van der Waals surface area contributed by atoms with Crippen LogP contribution in [0.1, 0.15) is 28.1 Å². The van der Waals surface area contributed by atoms with E-state index < -0.39 is 0 Å². The maximum atomic E-state index is 12.5. The number of benzene rings is 1. The van der Waals surface area contributed by atoms with E-state index in [-0.39, 0.29) is 5.91 Å². The molecule has 0 atom stereocenters. The number of fused-ring (bicyclic) bond motifs is 1. The summed E-state index contributed by atoms with van der Waals surface area (Å²) >= 11 is 3.27. The Kier molecular flexibility index (Phi) is 4.01. The molecule has 0 aliphatic carbocycles. The summed E-state index contributed by atoms with van der Waals surface area (Å²) in [5.74, 6) is 0.772. The molecule has 2 aromatic rings. The lowest BCUT2D eigenvalue weighted by Crippen LogP contribution is -2.26. The van der Waals surface area contributed by atoms with Crippen LogP contribution in [0.2, 0.25) is 0 Å². The maximum absolute atomic E-state index is 12.5. The van der Waals surface area contributed by atoms with Crippen molar-refractivity contribution in [3.63, 3.8) is 0 Å². The number of rotatable bonds is 3. The van der Waals surface area contributed by atoms with Crippen molar-refractivity contribution in [1.29, 1.82) is 0 Å². The molecule has 21 heavy (non-hydrogen) atoms. The van der Waals surface area contributed by atoms with Crippen LogP contribution in [-0.2, 0) is 13.0 Å². The van der Waals surface area contributed by atoms with Crippen LogP contribution in [-0.4, -0.2) is 24.4 Å². The quantitative estimate of drug-likeness (QED) is 0.920. The third-order valence-corrected chi connectivity index (χ3v) is 4.09. The molecule has 1 N–H and O–H groups in total. The van der Waals surface area contributed by atoms with Crippen molar-refractivity contribution in [3.8, 4) is 0 Å². The first-order valence-electron chi connectivity index (χ1n) is 7.00. The number of amides is 1. The van der Waals surface area contributed by atoms with E-state index in [0.717, 1.165) is 36.4 Å². The number of carbonyl (C=O) groups excluding carboxylic acids is 1. The minimum absolute atomic E-state index is 0.0101. The van der Waals surface area contributed by atoms with Gasteiger partial charge in [-0.25, -0.2) is 0 Å². The van der Waals surface area contributed by atoms with E-state index in [1.54, 1.807) is 11.9 Å². The molecule has 0 saturated heterocycles. The molecule has 0 fully saturated rings. The maximum Gasteiger partial charge on any atom is 0.254 e. The van der Waals surface area contributed by atoms with E-state index >= 15 is 0 Å². The number of nitrogens with one attached hydrogen (secondary N) is 1. The molecule has 1 amide bonds. The lowest BCUT2D eigenvalue weighted by Gasteiger charge is -2.20. The number of anilines is 1. The van der Waals surface area contributed by atoms with E-state index in [0.29, 0.717) is 11.2 Å². The van der Waals surface area contributed by atoms with Crippen molar-refractivity contribution < 1.29 is 9.21 Å². The Balaban J connectivity index is 1.75. The van der Waals surface area contributed by atoms with Gasteiger partial charge in [-0.3, -0.25) is 4.79 Å². The normalized spacial score (nSPS) is 13.4. The summed E-state index contributed by atoms with van der Waals surface area (Å²) < 4.78 is 6.12. The van der Waals surface area contributed by atoms with Gasteiger partial charge in [-0.05, 0) is 64.7 Å². The second kappa shape index (κ2) is 5.93. The summed E-state index contributed by atoms with van der Waals surface area (Å²) in [5.41, 5.74) is 3.10. The van der Waals surface area contributed by atoms with E-state index in [1.807, 2.05) is 30.3 Å². The summed E-state index contributed by atoms with van der Waals surface area (Å²) in [7, 11) is 1.79. The Labute approximate surface area is 132 Å². The lowest BCUT2D eigenvalue weighted by molar-refractivity contribution is 0.0775. The largest absolute Gasteiger partial charge is 0.452 e. The van der Waals surface area contributed by atoms with Gasteiger partial charge in [0.15, 0.2) is 4.67 Å². The first-order chi connectivity index (χ1) is 10.1. The van der Waals surface area contributed by atoms with Gasteiger partial charge in [-0.15, -0.1) is 0 Å². The molecular weight excluding hydrogens is 332 g/mol. The van der Waals surface area contributed by atoms with Gasteiger partial charge in [-0.2, -0.15) is 0 Å². The number of aryl methyl sites for hydroxylation is 1. The molecule has 110 valence electrons. The first-order valence-corrected chi connectivity index (χ1v) is 7.79. The monoisotopic (exact) mass is 348 g/mol. The minimum atomic E-state index is 0.0101. The summed E-state index contributed by atoms with van der Waals surface area (Å²) in [5, 5.41) is 3.36. The van der Waals surface area contributed by atoms with Gasteiger partial charge in [-0.1, -0.05) is 0 Å². The van der Waals surface area contributed by atoms with E-state index in [4.69, 9.17) is 4.42 Å². The van der Waals surface area contributed by atoms with Gasteiger partial charge < -0.3 is 14.6 Å². The third kappa shape index (κ3) is 3.13. The van der Waals surface area contributed by atoms with Gasteiger partial charge in [0.25, 0.3) is 5.91 Å². The average molecular weight is 349 g/mol. The molecule has 0 unspecified atom stereocenters. The van der Waals surface area contributed by atoms with Crippen LogP contribution in [0.15, 0.2) is 39.4 Å². The van der Waals surface area contributed by atoms with Crippen LogP contribution < -0.4 is 5.32 Å². The fourth-order valence-corrected chi connectivity index (χ4v) is 2.91. The van der Waals surface area contributed by atoms with Gasteiger partial charge in [0.1, 0.15) is 5.76 Å². The highest BCUT2D eigenvalue weighted by molar-refractivity contribution is 9.10. The predicted molar refractivity (Wildman–Crippen MR) is 85.5 cm³/mol. The standard InChI is InChI=1S/C16H17BrN2O2/c1-19(10-13-5-7-15(17)21-13)16(20)12-4-6-14-11(9-12)3-2-8-18-14/h4-7,9,18H,2-3,8,10H2,1H3. The molecule has 3 rings (SSSR count). The van der Waals surface area contributed by atoms with Gasteiger partial charge >= 0.3 is 0 Å². The average Bonchev–Trinajstić information content (AvgIpc) is 2.91. The molecule has 0 spiro atoms. The molecule has 4 nitrogen and oxygen atoms in total. The zero-order valence-electron chi connectivity index (χ0n) is 11.9. The Morgan fingerprint density at radius 2 is 2.24 bits per heavy atom. The number of halogens is 1. The van der Waals surface area contributed by atoms with Crippen molar-refractivity contribution in [2.45, 2.75) is 19.4 Å². The van der Waals surface area contributed by atoms with Gasteiger partial charge in [0.2, 0.25) is 0 Å². The second-order valence-corrected chi connectivity index (χ2v) is 6.05. The molecule has 0 radical (unpaired) electrons. The highest BCUT2D eigenvalue weighted by atomic mass is 79.9. The Hall–Kier alpha value is -1.75. The highest BCUT2D eigenvalue weighted by Crippen LogP contribution is 2.24. The molecule has 1 aromatic carbocycles. The molecule has 2 heterocycles. The van der Waals surface area contributed by atoms with Crippen molar-refractivity contribution >= 4 is 27.5 Å². The van der Waals surface area contributed by atoms with Crippen LogP contribution in [0.5, 0.6) is 0 Å². The fraction of sp³-hybridized carbons (Fsp3) is 0.312. The SMILES string of the molecule is CN(Cc1ccc(Br)o1)C(=O)c1ccc2c(c1)CCCN2. The summed E-state index contributed by atoms with van der Waals surface area (Å²) in [6, 6.07) is 9.58. The smallest absolute Gasteiger partial charge is 0.254 e. The van der Waals surface area contributed by atoms with Crippen molar-refractivity contribution in [1.82, 2.24) is 4.90 Å². The number of nitrogens with zero attached hydrogens (tertiary/aromatic N) is 1. The summed E-state index contributed by atoms with van der Waals surface area (Å²) in [6.45, 7) is 1.47. The molecular formula is C16H17BrN2O2. The fourth-order valence-electron chi connectivity index (χ4n) is 2.57. The lowest BCUT2D eigenvalue weighted by atomic mass is 10.0. The number of hydrogen-bond acceptors (Lipinski definition) is 3. The van der Waals surface area contributed by atoms with Crippen LogP contribution in [0.4, 0.5) is 5.69 Å². The Bertz CT molecular complexity index is 666. The zero-order chi connectivity index (χ0) is 14.8. The van der Waals surface area contributed by atoms with Crippen LogP contribution in [0, 0.1) is 0 Å².